The van der Waals surface area contributed by atoms with Crippen molar-refractivity contribution in [3.05, 3.63) is 11.9 Å². The Morgan fingerprint density at radius 2 is 1.89 bits per heavy atom. The number of piperidine rings is 1. The lowest BCUT2D eigenvalue weighted by Gasteiger charge is -2.33. The predicted molar refractivity (Wildman–Crippen MR) is 95.0 cm³/mol. The lowest BCUT2D eigenvalue weighted by Crippen LogP contribution is -2.50. The Morgan fingerprint density at radius 1 is 1.26 bits per heavy atom. The number of carbonyl (C=O) groups excluding carboxylic acids is 3. The van der Waals surface area contributed by atoms with Gasteiger partial charge in [0.25, 0.3) is 0 Å². The quantitative estimate of drug-likeness (QED) is 0.778. The number of ether oxygens (including phenoxy) is 2. The van der Waals surface area contributed by atoms with Crippen LogP contribution >= 0.6 is 0 Å². The second kappa shape index (κ2) is 8.36. The van der Waals surface area contributed by atoms with Gasteiger partial charge in [0.05, 0.1) is 19.3 Å². The third kappa shape index (κ3) is 5.66. The van der Waals surface area contributed by atoms with Crippen LogP contribution in [0.15, 0.2) is 6.20 Å². The van der Waals surface area contributed by atoms with E-state index in [0.29, 0.717) is 25.9 Å². The van der Waals surface area contributed by atoms with Crippen LogP contribution in [0.3, 0.4) is 0 Å². The summed E-state index contributed by atoms with van der Waals surface area (Å²) in [6, 6.07) is -0.622. The van der Waals surface area contributed by atoms with E-state index < -0.39 is 23.7 Å². The molecule has 10 heteroatoms. The molecule has 1 atom stereocenters. The van der Waals surface area contributed by atoms with E-state index in [1.807, 2.05) is 0 Å². The largest absolute Gasteiger partial charge is 0.464 e. The molecule has 2 heterocycles. The lowest BCUT2D eigenvalue weighted by atomic mass is 10.0. The molecule has 0 radical (unpaired) electrons. The number of carbonyl (C=O) groups is 3. The molecule has 0 saturated carbocycles. The van der Waals surface area contributed by atoms with Gasteiger partial charge < -0.3 is 19.7 Å². The number of nitrogens with zero attached hydrogens (tertiary/aromatic N) is 4. The zero-order chi connectivity index (χ0) is 20.2. The minimum absolute atomic E-state index is 0.0501. The van der Waals surface area contributed by atoms with Gasteiger partial charge in [0.15, 0.2) is 5.69 Å². The molecule has 150 valence electrons. The maximum absolute atomic E-state index is 12.5. The van der Waals surface area contributed by atoms with Crippen LogP contribution in [-0.4, -0.2) is 69.7 Å². The molecule has 2 rings (SSSR count). The first-order chi connectivity index (χ1) is 12.6. The van der Waals surface area contributed by atoms with Gasteiger partial charge in [0.1, 0.15) is 11.6 Å². The number of amides is 2. The number of likely N-dealkylation sites (tertiary alicyclic amines) is 1. The zero-order valence-corrected chi connectivity index (χ0v) is 16.4. The molecule has 10 nitrogen and oxygen atoms in total. The van der Waals surface area contributed by atoms with E-state index in [1.54, 1.807) is 43.5 Å². The van der Waals surface area contributed by atoms with Crippen molar-refractivity contribution in [2.24, 2.45) is 0 Å². The van der Waals surface area contributed by atoms with E-state index in [-0.39, 0.29) is 17.6 Å². The highest BCUT2D eigenvalue weighted by atomic mass is 16.6. The highest BCUT2D eigenvalue weighted by Gasteiger charge is 2.29. The first-order valence-electron chi connectivity index (χ1n) is 8.89. The van der Waals surface area contributed by atoms with Crippen molar-refractivity contribution < 1.29 is 23.9 Å². The van der Waals surface area contributed by atoms with Crippen LogP contribution in [-0.2, 0) is 14.3 Å². The molecule has 1 aromatic rings. The van der Waals surface area contributed by atoms with Gasteiger partial charge in [0.2, 0.25) is 5.91 Å². The monoisotopic (exact) mass is 381 g/mol. The molecule has 1 N–H and O–H groups in total. The number of rotatable bonds is 4. The van der Waals surface area contributed by atoms with Gasteiger partial charge in [-0.25, -0.2) is 14.3 Å². The average molecular weight is 381 g/mol. The van der Waals surface area contributed by atoms with E-state index in [2.05, 4.69) is 20.4 Å². The van der Waals surface area contributed by atoms with Crippen LogP contribution in [0.25, 0.3) is 0 Å². The average Bonchev–Trinajstić information content (AvgIpc) is 3.08. The van der Waals surface area contributed by atoms with Crippen molar-refractivity contribution in [3.8, 4) is 0 Å². The first kappa shape index (κ1) is 20.7. The van der Waals surface area contributed by atoms with Crippen LogP contribution in [0.4, 0.5) is 4.79 Å². The van der Waals surface area contributed by atoms with Crippen molar-refractivity contribution in [1.82, 2.24) is 25.2 Å². The molecule has 1 aliphatic rings. The Balaban J connectivity index is 1.85. The van der Waals surface area contributed by atoms with Crippen molar-refractivity contribution in [1.29, 1.82) is 0 Å². The van der Waals surface area contributed by atoms with Crippen molar-refractivity contribution in [3.63, 3.8) is 0 Å². The lowest BCUT2D eigenvalue weighted by molar-refractivity contribution is -0.134. The third-order valence-corrected chi connectivity index (χ3v) is 4.16. The molecule has 1 saturated heterocycles. The number of methoxy groups -OCH3 is 1. The summed E-state index contributed by atoms with van der Waals surface area (Å²) in [7, 11) is 1.29. The summed E-state index contributed by atoms with van der Waals surface area (Å²) in [5, 5.41) is 10.3. The smallest absolute Gasteiger partial charge is 0.408 e. The second-order valence-corrected chi connectivity index (χ2v) is 7.50. The molecule has 1 fully saturated rings. The van der Waals surface area contributed by atoms with Crippen LogP contribution in [0, 0.1) is 0 Å². The standard InChI is InChI=1S/C17H27N5O5/c1-11(18-16(25)27-17(2,3)4)14(23)21-8-6-12(7-9-21)22-10-13(19-20-22)15(24)26-5/h10-12H,6-9H2,1-5H3,(H,18,25)/t11-/m1/s1. The number of hydrogen-bond donors (Lipinski definition) is 1. The Kier molecular flexibility index (Phi) is 6.40. The number of aromatic nitrogens is 3. The zero-order valence-electron chi connectivity index (χ0n) is 16.4. The van der Waals surface area contributed by atoms with Gasteiger partial charge in [-0.05, 0) is 40.5 Å². The van der Waals surface area contributed by atoms with Crippen molar-refractivity contribution in [2.45, 2.75) is 58.2 Å². The van der Waals surface area contributed by atoms with Crippen LogP contribution < -0.4 is 5.32 Å². The maximum atomic E-state index is 12.5. The molecule has 0 unspecified atom stereocenters. The topological polar surface area (TPSA) is 116 Å². The summed E-state index contributed by atoms with van der Waals surface area (Å²) in [6.45, 7) is 7.98. The van der Waals surface area contributed by atoms with Crippen LogP contribution in [0.2, 0.25) is 0 Å². The summed E-state index contributed by atoms with van der Waals surface area (Å²) in [5.41, 5.74) is -0.460. The summed E-state index contributed by atoms with van der Waals surface area (Å²) in [6.07, 6.45) is 2.29. The molecule has 0 spiro atoms. The summed E-state index contributed by atoms with van der Waals surface area (Å²) >= 11 is 0. The van der Waals surface area contributed by atoms with Crippen LogP contribution in [0.5, 0.6) is 0 Å². The number of alkyl carbamates (subject to hydrolysis) is 1. The van der Waals surface area contributed by atoms with Gasteiger partial charge in [-0.15, -0.1) is 5.10 Å². The van der Waals surface area contributed by atoms with Gasteiger partial charge in [0, 0.05) is 13.1 Å². The second-order valence-electron chi connectivity index (χ2n) is 7.50. The predicted octanol–water partition coefficient (Wildman–Crippen LogP) is 1.14. The number of esters is 1. The fraction of sp³-hybridized carbons (Fsp3) is 0.706. The fourth-order valence-corrected chi connectivity index (χ4v) is 2.82. The molecule has 1 aliphatic heterocycles. The molecule has 0 bridgehead atoms. The minimum atomic E-state index is -0.673. The highest BCUT2D eigenvalue weighted by Crippen LogP contribution is 2.22. The van der Waals surface area contributed by atoms with E-state index in [4.69, 9.17) is 4.74 Å². The summed E-state index contributed by atoms with van der Waals surface area (Å²) < 4.78 is 11.4. The van der Waals surface area contributed by atoms with E-state index >= 15 is 0 Å². The van der Waals surface area contributed by atoms with Crippen LogP contribution in [0.1, 0.15) is 57.1 Å². The van der Waals surface area contributed by atoms with Crippen molar-refractivity contribution >= 4 is 18.0 Å². The van der Waals surface area contributed by atoms with Gasteiger partial charge in [-0.2, -0.15) is 0 Å². The van der Waals surface area contributed by atoms with Gasteiger partial charge >= 0.3 is 12.1 Å². The number of hydrogen-bond acceptors (Lipinski definition) is 7. The van der Waals surface area contributed by atoms with E-state index in [0.717, 1.165) is 0 Å². The van der Waals surface area contributed by atoms with Crippen molar-refractivity contribution in [2.75, 3.05) is 20.2 Å². The Labute approximate surface area is 158 Å². The first-order valence-corrected chi connectivity index (χ1v) is 8.89. The summed E-state index contributed by atoms with van der Waals surface area (Å²) in [4.78, 5) is 37.5. The molecule has 0 aliphatic carbocycles. The molecular weight excluding hydrogens is 354 g/mol. The molecule has 27 heavy (non-hydrogen) atoms. The summed E-state index contributed by atoms with van der Waals surface area (Å²) in [5.74, 6) is -0.691. The minimum Gasteiger partial charge on any atom is -0.464 e. The SMILES string of the molecule is COC(=O)c1cn(C2CCN(C(=O)[C@@H](C)NC(=O)OC(C)(C)C)CC2)nn1. The molecular formula is C17H27N5O5. The van der Waals surface area contributed by atoms with Gasteiger partial charge in [-0.1, -0.05) is 5.21 Å². The Hall–Kier alpha value is -2.65. The Morgan fingerprint density at radius 3 is 2.44 bits per heavy atom. The third-order valence-electron chi connectivity index (χ3n) is 4.16. The molecule has 0 aromatic carbocycles. The van der Waals surface area contributed by atoms with E-state index in [1.165, 1.54) is 7.11 Å². The van der Waals surface area contributed by atoms with Gasteiger partial charge in [-0.3, -0.25) is 4.79 Å². The highest BCUT2D eigenvalue weighted by molar-refractivity contribution is 5.86. The molecule has 1 aromatic heterocycles. The fourth-order valence-electron chi connectivity index (χ4n) is 2.82. The Bertz CT molecular complexity index is 688. The normalized spacial score (nSPS) is 16.6. The maximum Gasteiger partial charge on any atom is 0.408 e. The van der Waals surface area contributed by atoms with E-state index in [9.17, 15) is 14.4 Å². The molecule has 2 amide bonds. The number of nitrogens with one attached hydrogen (secondary N) is 1.